The van der Waals surface area contributed by atoms with E-state index in [2.05, 4.69) is 10.6 Å². The number of carbonyl (C=O) groups is 1. The molecule has 3 N–H and O–H groups in total. The van der Waals surface area contributed by atoms with Crippen LogP contribution < -0.4 is 15.4 Å². The maximum Gasteiger partial charge on any atom is 0.264 e. The van der Waals surface area contributed by atoms with Crippen LogP contribution in [0.2, 0.25) is 5.02 Å². The molecule has 0 heterocycles. The van der Waals surface area contributed by atoms with E-state index in [-0.39, 0.29) is 17.5 Å². The molecule has 7 heteroatoms. The predicted molar refractivity (Wildman–Crippen MR) is 104 cm³/mol. The summed E-state index contributed by atoms with van der Waals surface area (Å²) < 4.78 is 5.38. The molecule has 2 aromatic carbocycles. The Labute approximate surface area is 157 Å². The highest BCUT2D eigenvalue weighted by molar-refractivity contribution is 7.80. The molecule has 0 radical (unpaired) electrons. The maximum absolute atomic E-state index is 11.9. The summed E-state index contributed by atoms with van der Waals surface area (Å²) in [6.45, 7) is 5.49. The molecule has 132 valence electrons. The van der Waals surface area contributed by atoms with E-state index < -0.39 is 5.91 Å². The van der Waals surface area contributed by atoms with E-state index in [0.717, 1.165) is 16.7 Å². The summed E-state index contributed by atoms with van der Waals surface area (Å²) in [5, 5.41) is 15.7. The lowest BCUT2D eigenvalue weighted by atomic mass is 10.1. The third-order valence-corrected chi connectivity index (χ3v) is 4.06. The van der Waals surface area contributed by atoms with Crippen LogP contribution in [0.1, 0.15) is 16.7 Å². The van der Waals surface area contributed by atoms with Gasteiger partial charge in [-0.15, -0.1) is 0 Å². The van der Waals surface area contributed by atoms with Gasteiger partial charge in [0.05, 0.1) is 10.7 Å². The summed E-state index contributed by atoms with van der Waals surface area (Å²) in [6, 6.07) is 8.68. The molecule has 0 aliphatic rings. The number of rotatable bonds is 4. The summed E-state index contributed by atoms with van der Waals surface area (Å²) in [5.74, 6) is 0.0490. The number of anilines is 1. The first-order valence-corrected chi connectivity index (χ1v) is 8.35. The second-order valence-electron chi connectivity index (χ2n) is 5.68. The quantitative estimate of drug-likeness (QED) is 0.556. The van der Waals surface area contributed by atoms with E-state index in [9.17, 15) is 9.90 Å². The van der Waals surface area contributed by atoms with E-state index in [1.165, 1.54) is 0 Å². The van der Waals surface area contributed by atoms with Crippen molar-refractivity contribution in [3.63, 3.8) is 0 Å². The van der Waals surface area contributed by atoms with E-state index >= 15 is 0 Å². The number of halogens is 1. The van der Waals surface area contributed by atoms with Gasteiger partial charge in [-0.2, -0.15) is 0 Å². The molecule has 2 aromatic rings. The Kier molecular flexibility index (Phi) is 6.22. The van der Waals surface area contributed by atoms with Crippen molar-refractivity contribution in [2.24, 2.45) is 0 Å². The number of aromatic hydroxyl groups is 1. The molecular formula is C18H19ClN2O3S. The first kappa shape index (κ1) is 19.0. The van der Waals surface area contributed by atoms with Gasteiger partial charge < -0.3 is 15.2 Å². The normalized spacial score (nSPS) is 10.2. The Hall–Kier alpha value is -2.31. The monoisotopic (exact) mass is 378 g/mol. The van der Waals surface area contributed by atoms with Crippen molar-refractivity contribution in [2.75, 3.05) is 11.9 Å². The van der Waals surface area contributed by atoms with E-state index in [1.807, 2.05) is 26.8 Å². The van der Waals surface area contributed by atoms with Crippen LogP contribution in [0.4, 0.5) is 5.69 Å². The maximum atomic E-state index is 11.9. The van der Waals surface area contributed by atoms with Gasteiger partial charge in [0, 0.05) is 0 Å². The number of hydrogen-bond donors (Lipinski definition) is 3. The molecule has 0 fully saturated rings. The first-order valence-electron chi connectivity index (χ1n) is 7.56. The zero-order valence-corrected chi connectivity index (χ0v) is 15.7. The SMILES string of the molecule is Cc1ccc(OCC(=O)NC(=S)Nc2cc(C)c(C)cc2O)c(Cl)c1. The topological polar surface area (TPSA) is 70.6 Å². The summed E-state index contributed by atoms with van der Waals surface area (Å²) >= 11 is 11.1. The molecule has 0 bridgehead atoms. The highest BCUT2D eigenvalue weighted by Crippen LogP contribution is 2.27. The standard InChI is InChI=1S/C18H19ClN2O3S/c1-10-4-5-16(13(19)6-10)24-9-17(23)21-18(25)20-14-7-11(2)12(3)8-15(14)22/h4-8,22H,9H2,1-3H3,(H2,20,21,23,25). The van der Waals surface area contributed by atoms with Crippen LogP contribution in [0.15, 0.2) is 30.3 Å². The van der Waals surface area contributed by atoms with Crippen molar-refractivity contribution < 1.29 is 14.6 Å². The van der Waals surface area contributed by atoms with Crippen LogP contribution in [-0.4, -0.2) is 22.7 Å². The molecule has 0 saturated heterocycles. The highest BCUT2D eigenvalue weighted by Gasteiger charge is 2.10. The third-order valence-electron chi connectivity index (χ3n) is 3.56. The van der Waals surface area contributed by atoms with Gasteiger partial charge in [0.15, 0.2) is 11.7 Å². The Balaban J connectivity index is 1.90. The summed E-state index contributed by atoms with van der Waals surface area (Å²) in [6.07, 6.45) is 0. The zero-order valence-electron chi connectivity index (χ0n) is 14.1. The smallest absolute Gasteiger partial charge is 0.264 e. The fourth-order valence-electron chi connectivity index (χ4n) is 2.08. The van der Waals surface area contributed by atoms with E-state index in [4.69, 9.17) is 28.6 Å². The fourth-order valence-corrected chi connectivity index (χ4v) is 2.60. The van der Waals surface area contributed by atoms with Crippen molar-refractivity contribution >= 4 is 40.5 Å². The fraction of sp³-hybridized carbons (Fsp3) is 0.222. The third kappa shape index (κ3) is 5.34. The van der Waals surface area contributed by atoms with E-state index in [0.29, 0.717) is 16.5 Å². The first-order chi connectivity index (χ1) is 11.8. The molecular weight excluding hydrogens is 360 g/mol. The molecule has 2 rings (SSSR count). The Bertz CT molecular complexity index is 824. The van der Waals surface area contributed by atoms with Crippen molar-refractivity contribution in [3.8, 4) is 11.5 Å². The number of carbonyl (C=O) groups excluding carboxylic acids is 1. The average Bonchev–Trinajstić information content (AvgIpc) is 2.51. The summed E-state index contributed by atoms with van der Waals surface area (Å²) in [5.41, 5.74) is 3.38. The van der Waals surface area contributed by atoms with Gasteiger partial charge in [0.1, 0.15) is 11.5 Å². The minimum atomic E-state index is -0.433. The van der Waals surface area contributed by atoms with Gasteiger partial charge in [-0.1, -0.05) is 17.7 Å². The predicted octanol–water partition coefficient (Wildman–Crippen LogP) is 3.86. The Morgan fingerprint density at radius 2 is 1.88 bits per heavy atom. The van der Waals surface area contributed by atoms with E-state index in [1.54, 1.807) is 24.3 Å². The minimum Gasteiger partial charge on any atom is -0.506 e. The van der Waals surface area contributed by atoms with Crippen LogP contribution >= 0.6 is 23.8 Å². The lowest BCUT2D eigenvalue weighted by molar-refractivity contribution is -0.121. The van der Waals surface area contributed by atoms with Crippen LogP contribution in [0.25, 0.3) is 0 Å². The highest BCUT2D eigenvalue weighted by atomic mass is 35.5. The van der Waals surface area contributed by atoms with Crippen LogP contribution in [0.5, 0.6) is 11.5 Å². The number of phenols is 1. The van der Waals surface area contributed by atoms with Gasteiger partial charge in [-0.05, 0) is 73.9 Å². The van der Waals surface area contributed by atoms with Gasteiger partial charge >= 0.3 is 0 Å². The van der Waals surface area contributed by atoms with Crippen LogP contribution in [0, 0.1) is 20.8 Å². The van der Waals surface area contributed by atoms with Crippen molar-refractivity contribution in [3.05, 3.63) is 52.0 Å². The second kappa shape index (κ2) is 8.18. The summed E-state index contributed by atoms with van der Waals surface area (Å²) in [4.78, 5) is 11.9. The molecule has 0 atom stereocenters. The Morgan fingerprint density at radius 3 is 2.56 bits per heavy atom. The van der Waals surface area contributed by atoms with Gasteiger partial charge in [-0.25, -0.2) is 0 Å². The molecule has 1 amide bonds. The van der Waals surface area contributed by atoms with Gasteiger partial charge in [0.25, 0.3) is 5.91 Å². The van der Waals surface area contributed by atoms with Crippen molar-refractivity contribution in [1.82, 2.24) is 5.32 Å². The molecule has 0 aliphatic carbocycles. The number of benzene rings is 2. The lowest BCUT2D eigenvalue weighted by Crippen LogP contribution is -2.37. The Morgan fingerprint density at radius 1 is 1.20 bits per heavy atom. The average molecular weight is 379 g/mol. The number of hydrogen-bond acceptors (Lipinski definition) is 4. The number of nitrogens with one attached hydrogen (secondary N) is 2. The molecule has 25 heavy (non-hydrogen) atoms. The molecule has 0 unspecified atom stereocenters. The van der Waals surface area contributed by atoms with Crippen LogP contribution in [0.3, 0.4) is 0 Å². The molecule has 0 aliphatic heterocycles. The minimum absolute atomic E-state index is 0.0578. The van der Waals surface area contributed by atoms with Gasteiger partial charge in [0.2, 0.25) is 0 Å². The molecule has 0 spiro atoms. The number of amides is 1. The van der Waals surface area contributed by atoms with Crippen molar-refractivity contribution in [2.45, 2.75) is 20.8 Å². The number of aryl methyl sites for hydroxylation is 3. The number of ether oxygens (including phenoxy) is 1. The molecule has 5 nitrogen and oxygen atoms in total. The molecule has 0 saturated carbocycles. The molecule has 0 aromatic heterocycles. The number of thiocarbonyl (C=S) groups is 1. The summed E-state index contributed by atoms with van der Waals surface area (Å²) in [7, 11) is 0. The van der Waals surface area contributed by atoms with Crippen molar-refractivity contribution in [1.29, 1.82) is 0 Å². The largest absolute Gasteiger partial charge is 0.506 e. The lowest BCUT2D eigenvalue weighted by Gasteiger charge is -2.13. The number of phenolic OH excluding ortho intramolecular Hbond substituents is 1. The van der Waals surface area contributed by atoms with Crippen LogP contribution in [-0.2, 0) is 4.79 Å². The van der Waals surface area contributed by atoms with Gasteiger partial charge in [-0.3, -0.25) is 10.1 Å². The second-order valence-corrected chi connectivity index (χ2v) is 6.49. The zero-order chi connectivity index (χ0) is 18.6.